The molecule has 1 aromatic carbocycles. The molecular weight excluding hydrogens is 278 g/mol. The second-order valence-electron chi connectivity index (χ2n) is 4.21. The third-order valence-electron chi connectivity index (χ3n) is 3.00. The molecule has 3 rings (SSSR count). The van der Waals surface area contributed by atoms with Crippen LogP contribution in [-0.4, -0.2) is 9.97 Å². The number of hydrogen-bond donors (Lipinski definition) is 1. The third kappa shape index (κ3) is 2.41. The number of fused-ring (bicyclic) bond motifs is 1. The molecule has 96 valence electrons. The summed E-state index contributed by atoms with van der Waals surface area (Å²) in [4.78, 5) is 9.82. The van der Waals surface area contributed by atoms with Crippen molar-refractivity contribution in [2.45, 2.75) is 13.5 Å². The molecule has 0 atom stereocenters. The third-order valence-corrected chi connectivity index (χ3v) is 4.24. The van der Waals surface area contributed by atoms with Crippen LogP contribution in [0.25, 0.3) is 10.9 Å². The number of anilines is 1. The molecule has 2 heterocycles. The summed E-state index contributed by atoms with van der Waals surface area (Å²) in [6.45, 7) is 2.79. The molecular formula is C14H12ClN3S. The first-order chi connectivity index (χ1) is 9.25. The fourth-order valence-electron chi connectivity index (χ4n) is 1.96. The topological polar surface area (TPSA) is 37.8 Å². The molecule has 0 aliphatic carbocycles. The summed E-state index contributed by atoms with van der Waals surface area (Å²) < 4.78 is 0. The number of aromatic nitrogens is 2. The maximum Gasteiger partial charge on any atom is 0.0908 e. The Hall–Kier alpha value is -1.65. The van der Waals surface area contributed by atoms with Gasteiger partial charge in [0.15, 0.2) is 0 Å². The highest BCUT2D eigenvalue weighted by Gasteiger charge is 2.06. The van der Waals surface area contributed by atoms with E-state index in [4.69, 9.17) is 11.6 Å². The molecule has 2 aromatic heterocycles. The van der Waals surface area contributed by atoms with Gasteiger partial charge in [-0.2, -0.15) is 0 Å². The maximum absolute atomic E-state index is 6.16. The van der Waals surface area contributed by atoms with Gasteiger partial charge in [0, 0.05) is 22.1 Å². The average Bonchev–Trinajstić information content (AvgIpc) is 2.84. The number of nitrogens with one attached hydrogen (secondary N) is 1. The first-order valence-corrected chi connectivity index (χ1v) is 7.17. The van der Waals surface area contributed by atoms with Crippen molar-refractivity contribution in [2.75, 3.05) is 5.32 Å². The molecule has 5 heteroatoms. The second kappa shape index (κ2) is 5.15. The molecule has 0 spiro atoms. The van der Waals surface area contributed by atoms with Crippen LogP contribution in [0.2, 0.25) is 5.02 Å². The zero-order valence-electron chi connectivity index (χ0n) is 10.4. The lowest BCUT2D eigenvalue weighted by Crippen LogP contribution is -2.00. The van der Waals surface area contributed by atoms with Crippen LogP contribution in [0.4, 0.5) is 5.69 Å². The largest absolute Gasteiger partial charge is 0.380 e. The summed E-state index contributed by atoms with van der Waals surface area (Å²) in [7, 11) is 0. The van der Waals surface area contributed by atoms with Gasteiger partial charge in [0.25, 0.3) is 0 Å². The van der Waals surface area contributed by atoms with Gasteiger partial charge in [-0.25, -0.2) is 4.98 Å². The molecule has 0 saturated heterocycles. The summed E-state index contributed by atoms with van der Waals surface area (Å²) in [5, 5.41) is 5.14. The summed E-state index contributed by atoms with van der Waals surface area (Å²) in [6.07, 6.45) is 1.76. The molecule has 0 radical (unpaired) electrons. The van der Waals surface area contributed by atoms with Gasteiger partial charge in [-0.1, -0.05) is 11.6 Å². The van der Waals surface area contributed by atoms with Crippen LogP contribution in [0.3, 0.4) is 0 Å². The Morgan fingerprint density at radius 1 is 1.26 bits per heavy atom. The summed E-state index contributed by atoms with van der Waals surface area (Å²) in [5.41, 5.74) is 4.82. The van der Waals surface area contributed by atoms with Crippen molar-refractivity contribution in [3.05, 3.63) is 51.6 Å². The minimum absolute atomic E-state index is 0.676. The highest BCUT2D eigenvalue weighted by molar-refractivity contribution is 7.09. The van der Waals surface area contributed by atoms with E-state index in [1.165, 1.54) is 4.88 Å². The first kappa shape index (κ1) is 12.4. The quantitative estimate of drug-likeness (QED) is 0.782. The van der Waals surface area contributed by atoms with E-state index in [1.807, 2.05) is 36.7 Å². The Kier molecular flexibility index (Phi) is 3.36. The average molecular weight is 290 g/mol. The molecule has 0 bridgehead atoms. The molecule has 0 unspecified atom stereocenters. The minimum atomic E-state index is 0.676. The van der Waals surface area contributed by atoms with Gasteiger partial charge in [0.05, 0.1) is 28.3 Å². The number of aryl methyl sites for hydroxylation is 1. The van der Waals surface area contributed by atoms with Crippen molar-refractivity contribution < 1.29 is 0 Å². The van der Waals surface area contributed by atoms with E-state index in [0.717, 1.165) is 28.8 Å². The Bertz CT molecular complexity index is 724. The van der Waals surface area contributed by atoms with Crippen LogP contribution in [0.1, 0.15) is 10.6 Å². The Morgan fingerprint density at radius 2 is 2.16 bits per heavy atom. The van der Waals surface area contributed by atoms with Crippen molar-refractivity contribution in [1.82, 2.24) is 9.97 Å². The Labute approximate surface area is 120 Å². The Balaban J connectivity index is 1.93. The number of rotatable bonds is 3. The highest BCUT2D eigenvalue weighted by atomic mass is 35.5. The van der Waals surface area contributed by atoms with Crippen LogP contribution >= 0.6 is 22.9 Å². The van der Waals surface area contributed by atoms with Crippen molar-refractivity contribution in [1.29, 1.82) is 0 Å². The van der Waals surface area contributed by atoms with Crippen LogP contribution in [0.5, 0.6) is 0 Å². The van der Waals surface area contributed by atoms with Gasteiger partial charge in [-0.15, -0.1) is 11.3 Å². The van der Waals surface area contributed by atoms with Crippen molar-refractivity contribution in [2.24, 2.45) is 0 Å². The van der Waals surface area contributed by atoms with Gasteiger partial charge in [0.1, 0.15) is 0 Å². The predicted molar refractivity (Wildman–Crippen MR) is 80.9 cm³/mol. The number of nitrogens with zero attached hydrogens (tertiary/aromatic N) is 2. The minimum Gasteiger partial charge on any atom is -0.380 e. The van der Waals surface area contributed by atoms with Gasteiger partial charge < -0.3 is 5.32 Å². The molecule has 1 N–H and O–H groups in total. The van der Waals surface area contributed by atoms with E-state index in [1.54, 1.807) is 17.5 Å². The van der Waals surface area contributed by atoms with Crippen molar-refractivity contribution >= 4 is 39.5 Å². The summed E-state index contributed by atoms with van der Waals surface area (Å²) in [5.74, 6) is 0. The van der Waals surface area contributed by atoms with Crippen LogP contribution in [0.15, 0.2) is 36.0 Å². The Morgan fingerprint density at radius 3 is 2.95 bits per heavy atom. The highest BCUT2D eigenvalue weighted by Crippen LogP contribution is 2.28. The van der Waals surface area contributed by atoms with E-state index < -0.39 is 0 Å². The van der Waals surface area contributed by atoms with Crippen LogP contribution in [-0.2, 0) is 6.54 Å². The van der Waals surface area contributed by atoms with Gasteiger partial charge in [-0.3, -0.25) is 4.98 Å². The van der Waals surface area contributed by atoms with E-state index >= 15 is 0 Å². The molecule has 19 heavy (non-hydrogen) atoms. The maximum atomic E-state index is 6.16. The predicted octanol–water partition coefficient (Wildman–Crippen LogP) is 4.27. The van der Waals surface area contributed by atoms with E-state index in [9.17, 15) is 0 Å². The zero-order valence-corrected chi connectivity index (χ0v) is 11.9. The van der Waals surface area contributed by atoms with Crippen LogP contribution < -0.4 is 5.32 Å². The molecule has 0 aliphatic heterocycles. The summed E-state index contributed by atoms with van der Waals surface area (Å²) in [6, 6.07) is 7.80. The van der Waals surface area contributed by atoms with Gasteiger partial charge in [-0.05, 0) is 31.2 Å². The lowest BCUT2D eigenvalue weighted by Gasteiger charge is -2.09. The number of thiazole rings is 1. The molecule has 3 aromatic rings. The van der Waals surface area contributed by atoms with Gasteiger partial charge in [0.2, 0.25) is 0 Å². The standard InChI is InChI=1S/C14H12ClN3S/c1-9-13(19-8-18-9)7-17-12-5-4-11(15)14-10(12)3-2-6-16-14/h2-6,8,17H,7H2,1H3. The number of hydrogen-bond acceptors (Lipinski definition) is 4. The molecule has 3 nitrogen and oxygen atoms in total. The molecule has 0 saturated carbocycles. The molecule has 0 aliphatic rings. The summed E-state index contributed by atoms with van der Waals surface area (Å²) >= 11 is 7.82. The SMILES string of the molecule is Cc1ncsc1CNc1ccc(Cl)c2ncccc12. The van der Waals surface area contributed by atoms with E-state index in [2.05, 4.69) is 15.3 Å². The first-order valence-electron chi connectivity index (χ1n) is 5.92. The monoisotopic (exact) mass is 289 g/mol. The second-order valence-corrected chi connectivity index (χ2v) is 5.56. The number of halogens is 1. The fraction of sp³-hybridized carbons (Fsp3) is 0.143. The number of benzene rings is 1. The zero-order chi connectivity index (χ0) is 13.2. The lowest BCUT2D eigenvalue weighted by atomic mass is 10.2. The van der Waals surface area contributed by atoms with Crippen molar-refractivity contribution in [3.63, 3.8) is 0 Å². The normalized spacial score (nSPS) is 10.8. The lowest BCUT2D eigenvalue weighted by molar-refractivity contribution is 1.12. The van der Waals surface area contributed by atoms with Gasteiger partial charge >= 0.3 is 0 Å². The van der Waals surface area contributed by atoms with Crippen LogP contribution in [0, 0.1) is 6.92 Å². The smallest absolute Gasteiger partial charge is 0.0908 e. The van der Waals surface area contributed by atoms with E-state index in [-0.39, 0.29) is 0 Å². The molecule has 0 fully saturated rings. The van der Waals surface area contributed by atoms with Crippen molar-refractivity contribution in [3.8, 4) is 0 Å². The van der Waals surface area contributed by atoms with E-state index in [0.29, 0.717) is 5.02 Å². The fourth-order valence-corrected chi connectivity index (χ4v) is 2.89. The number of pyridine rings is 1. The molecule has 0 amide bonds.